The predicted octanol–water partition coefficient (Wildman–Crippen LogP) is 6.68. The Labute approximate surface area is 237 Å². The summed E-state index contributed by atoms with van der Waals surface area (Å²) >= 11 is 0. The number of carbonyl (C=O) groups excluding carboxylic acids is 2. The Morgan fingerprint density at radius 2 is 1.88 bits per heavy atom. The smallest absolute Gasteiger partial charge is 0.410 e. The van der Waals surface area contributed by atoms with Gasteiger partial charge in [-0.3, -0.25) is 4.79 Å². The van der Waals surface area contributed by atoms with E-state index in [2.05, 4.69) is 42.4 Å². The number of pyridine rings is 1. The molecule has 1 aromatic carbocycles. The minimum atomic E-state index is -0.520. The van der Waals surface area contributed by atoms with Gasteiger partial charge in [0.05, 0.1) is 30.1 Å². The molecule has 2 aliphatic heterocycles. The van der Waals surface area contributed by atoms with Gasteiger partial charge in [0.15, 0.2) is 0 Å². The molecule has 0 spiro atoms. The molecule has 1 aromatic heterocycles. The van der Waals surface area contributed by atoms with Crippen LogP contribution in [0.2, 0.25) is 0 Å². The van der Waals surface area contributed by atoms with Crippen LogP contribution in [-0.2, 0) is 20.8 Å². The van der Waals surface area contributed by atoms with Crippen LogP contribution in [0, 0.1) is 5.92 Å². The normalized spacial score (nSPS) is 21.1. The van der Waals surface area contributed by atoms with Crippen molar-refractivity contribution in [2.24, 2.45) is 5.92 Å². The van der Waals surface area contributed by atoms with Crippen LogP contribution < -0.4 is 10.2 Å². The number of carbonyl (C=O) groups is 2. The summed E-state index contributed by atoms with van der Waals surface area (Å²) in [5, 5.41) is 3.48. The highest BCUT2D eigenvalue weighted by atomic mass is 16.6. The summed E-state index contributed by atoms with van der Waals surface area (Å²) in [6, 6.07) is 10.2. The minimum Gasteiger partial charge on any atom is -0.444 e. The molecule has 0 bridgehead atoms. The molecule has 5 rings (SSSR count). The average molecular weight is 547 g/mol. The molecule has 1 saturated carbocycles. The second-order valence-electron chi connectivity index (χ2n) is 12.4. The molecule has 1 aliphatic carbocycles. The van der Waals surface area contributed by atoms with Crippen LogP contribution in [0.5, 0.6) is 0 Å². The van der Waals surface area contributed by atoms with E-state index >= 15 is 0 Å². The minimum absolute atomic E-state index is 0.0296. The maximum Gasteiger partial charge on any atom is 0.410 e. The van der Waals surface area contributed by atoms with Crippen molar-refractivity contribution in [1.82, 2.24) is 9.88 Å². The number of ether oxygens (including phenoxy) is 2. The van der Waals surface area contributed by atoms with E-state index in [1.54, 1.807) is 11.1 Å². The zero-order valence-corrected chi connectivity index (χ0v) is 24.4. The lowest BCUT2D eigenvalue weighted by atomic mass is 9.86. The van der Waals surface area contributed by atoms with Gasteiger partial charge in [0.2, 0.25) is 5.91 Å². The Balaban J connectivity index is 1.39. The third-order valence-electron chi connectivity index (χ3n) is 7.75. The number of rotatable bonds is 4. The number of hydrogen-bond acceptors (Lipinski definition) is 6. The first-order chi connectivity index (χ1) is 19.1. The first-order valence-corrected chi connectivity index (χ1v) is 14.6. The first kappa shape index (κ1) is 28.1. The summed E-state index contributed by atoms with van der Waals surface area (Å²) in [5.74, 6) is 0.914. The molecule has 0 unspecified atom stereocenters. The van der Waals surface area contributed by atoms with Gasteiger partial charge in [-0.05, 0) is 96.1 Å². The van der Waals surface area contributed by atoms with E-state index in [1.165, 1.54) is 5.57 Å². The third-order valence-corrected chi connectivity index (χ3v) is 7.75. The highest BCUT2D eigenvalue weighted by Gasteiger charge is 2.34. The molecule has 0 saturated heterocycles. The van der Waals surface area contributed by atoms with Crippen LogP contribution in [-0.4, -0.2) is 52.8 Å². The molecule has 8 nitrogen and oxygen atoms in total. The Bertz CT molecular complexity index is 1270. The van der Waals surface area contributed by atoms with Gasteiger partial charge in [-0.25, -0.2) is 9.78 Å². The molecule has 1 fully saturated rings. The lowest BCUT2D eigenvalue weighted by Crippen LogP contribution is -2.39. The fourth-order valence-electron chi connectivity index (χ4n) is 5.79. The van der Waals surface area contributed by atoms with E-state index in [9.17, 15) is 9.59 Å². The summed E-state index contributed by atoms with van der Waals surface area (Å²) in [5.41, 5.74) is 4.45. The number of anilines is 3. The molecule has 2 aromatic rings. The van der Waals surface area contributed by atoms with Crippen molar-refractivity contribution in [3.05, 3.63) is 53.7 Å². The van der Waals surface area contributed by atoms with Gasteiger partial charge >= 0.3 is 6.09 Å². The highest BCUT2D eigenvalue weighted by molar-refractivity contribution is 6.00. The van der Waals surface area contributed by atoms with Gasteiger partial charge in [0.25, 0.3) is 0 Å². The number of hydrogen-bond donors (Lipinski definition) is 1. The van der Waals surface area contributed by atoms with Crippen LogP contribution in [0.25, 0.3) is 5.57 Å². The van der Waals surface area contributed by atoms with Crippen LogP contribution in [0.4, 0.5) is 22.0 Å². The molecule has 2 amide bonds. The molecule has 1 N–H and O–H groups in total. The molecule has 214 valence electrons. The van der Waals surface area contributed by atoms with Crippen LogP contribution >= 0.6 is 0 Å². The summed E-state index contributed by atoms with van der Waals surface area (Å²) in [6.45, 7) is 11.3. The molecule has 8 heteroatoms. The molecule has 40 heavy (non-hydrogen) atoms. The van der Waals surface area contributed by atoms with Crippen molar-refractivity contribution in [2.45, 2.75) is 91.1 Å². The molecule has 3 heterocycles. The van der Waals surface area contributed by atoms with Crippen molar-refractivity contribution in [3.63, 3.8) is 0 Å². The van der Waals surface area contributed by atoms with Gasteiger partial charge in [-0.1, -0.05) is 18.2 Å². The topological polar surface area (TPSA) is 84.0 Å². The molecule has 3 aliphatic rings. The number of nitrogens with zero attached hydrogens (tertiary/aromatic N) is 3. The zero-order chi connectivity index (χ0) is 28.4. The SMILES string of the molecule is CC(C)OC1CCC(C(=O)N2Cc3cccnc3Nc3ccc(C4=CCN(C(=O)OC(C)(C)C)CC4)cc32)CC1. The van der Waals surface area contributed by atoms with E-state index in [4.69, 9.17) is 9.47 Å². The second-order valence-corrected chi connectivity index (χ2v) is 12.4. The van der Waals surface area contributed by atoms with E-state index in [1.807, 2.05) is 43.9 Å². The third kappa shape index (κ3) is 6.49. The highest BCUT2D eigenvalue weighted by Crippen LogP contribution is 2.40. The summed E-state index contributed by atoms with van der Waals surface area (Å²) in [6.07, 6.45) is 8.23. The quantitative estimate of drug-likeness (QED) is 0.461. The summed E-state index contributed by atoms with van der Waals surface area (Å²) in [7, 11) is 0. The first-order valence-electron chi connectivity index (χ1n) is 14.6. The monoisotopic (exact) mass is 546 g/mol. The van der Waals surface area contributed by atoms with Gasteiger partial charge in [0, 0.05) is 30.8 Å². The Hall–Kier alpha value is -3.39. The van der Waals surface area contributed by atoms with Crippen molar-refractivity contribution in [1.29, 1.82) is 0 Å². The van der Waals surface area contributed by atoms with Gasteiger partial charge in [0.1, 0.15) is 11.4 Å². The Morgan fingerprint density at radius 3 is 2.55 bits per heavy atom. The Morgan fingerprint density at radius 1 is 1.10 bits per heavy atom. The molecular weight excluding hydrogens is 504 g/mol. The van der Waals surface area contributed by atoms with Crippen LogP contribution in [0.15, 0.2) is 42.6 Å². The average Bonchev–Trinajstić information content (AvgIpc) is 3.08. The van der Waals surface area contributed by atoms with Gasteiger partial charge < -0.3 is 24.6 Å². The number of benzene rings is 1. The van der Waals surface area contributed by atoms with Gasteiger partial charge in [-0.2, -0.15) is 0 Å². The summed E-state index contributed by atoms with van der Waals surface area (Å²) in [4.78, 5) is 34.9. The maximum absolute atomic E-state index is 14.1. The fraction of sp³-hybridized carbons (Fsp3) is 0.531. The van der Waals surface area contributed by atoms with Crippen LogP contribution in [0.3, 0.4) is 0 Å². The van der Waals surface area contributed by atoms with E-state index in [0.717, 1.165) is 60.4 Å². The van der Waals surface area contributed by atoms with E-state index in [0.29, 0.717) is 19.6 Å². The lowest BCUT2D eigenvalue weighted by molar-refractivity contribution is -0.124. The molecular formula is C32H42N4O4. The predicted molar refractivity (Wildman–Crippen MR) is 158 cm³/mol. The fourth-order valence-corrected chi connectivity index (χ4v) is 5.79. The summed E-state index contributed by atoms with van der Waals surface area (Å²) < 4.78 is 11.6. The number of nitrogens with one attached hydrogen (secondary N) is 1. The number of fused-ring (bicyclic) bond motifs is 2. The molecule has 0 radical (unpaired) electrons. The lowest BCUT2D eigenvalue weighted by Gasteiger charge is -2.33. The van der Waals surface area contributed by atoms with E-state index < -0.39 is 5.60 Å². The van der Waals surface area contributed by atoms with Gasteiger partial charge in [-0.15, -0.1) is 0 Å². The standard InChI is InChI=1S/C32H42N4O4/c1-21(2)39-26-11-8-23(9-12-26)30(37)36-20-25-7-6-16-33-29(25)34-27-13-10-24(19-28(27)36)22-14-17-35(18-15-22)31(38)40-32(3,4)5/h6-7,10,13-14,16,19,21,23,26H,8-9,11-12,15,17-18,20H2,1-5H3,(H,33,34). The number of amides is 2. The van der Waals surface area contributed by atoms with Crippen molar-refractivity contribution in [3.8, 4) is 0 Å². The largest absolute Gasteiger partial charge is 0.444 e. The van der Waals surface area contributed by atoms with Crippen molar-refractivity contribution < 1.29 is 19.1 Å². The van der Waals surface area contributed by atoms with Crippen molar-refractivity contribution >= 4 is 34.8 Å². The number of aromatic nitrogens is 1. The second kappa shape index (κ2) is 11.6. The zero-order valence-electron chi connectivity index (χ0n) is 24.4. The van der Waals surface area contributed by atoms with Crippen molar-refractivity contribution in [2.75, 3.05) is 23.3 Å². The maximum atomic E-state index is 14.1. The Kier molecular flexibility index (Phi) is 8.17. The van der Waals surface area contributed by atoms with Crippen LogP contribution in [0.1, 0.15) is 77.8 Å². The molecule has 0 atom stereocenters. The van der Waals surface area contributed by atoms with E-state index in [-0.39, 0.29) is 30.1 Å².